The van der Waals surface area contributed by atoms with E-state index in [4.69, 9.17) is 4.74 Å². The van der Waals surface area contributed by atoms with E-state index < -0.39 is 0 Å². The van der Waals surface area contributed by atoms with Gasteiger partial charge in [-0.15, -0.1) is 0 Å². The molecule has 3 heteroatoms. The first-order chi connectivity index (χ1) is 11.9. The summed E-state index contributed by atoms with van der Waals surface area (Å²) in [6.45, 7) is 5.06. The molecule has 1 fully saturated rings. The highest BCUT2D eigenvalue weighted by Crippen LogP contribution is 2.31. The van der Waals surface area contributed by atoms with Crippen LogP contribution >= 0.6 is 0 Å². The molecule has 2 aromatic rings. The Bertz CT molecular complexity index is 614. The smallest absolute Gasteiger partial charge is 0.140 e. The molecule has 0 spiro atoms. The number of ether oxygens (including phenoxy) is 1. The molecule has 0 radical (unpaired) electrons. The van der Waals surface area contributed by atoms with Gasteiger partial charge in [0.1, 0.15) is 5.75 Å². The number of aromatic nitrogens is 1. The molecular formula is C21H28N2O. The zero-order chi connectivity index (χ0) is 16.6. The molecule has 0 bridgehead atoms. The summed E-state index contributed by atoms with van der Waals surface area (Å²) in [5.41, 5.74) is 2.53. The summed E-state index contributed by atoms with van der Waals surface area (Å²) in [5, 5.41) is 3.52. The Balaban J connectivity index is 1.66. The monoisotopic (exact) mass is 324 g/mol. The molecule has 2 heterocycles. The van der Waals surface area contributed by atoms with Gasteiger partial charge >= 0.3 is 0 Å². The fourth-order valence-electron chi connectivity index (χ4n) is 3.52. The van der Waals surface area contributed by atoms with Crippen molar-refractivity contribution in [3.63, 3.8) is 0 Å². The molecular weight excluding hydrogens is 296 g/mol. The van der Waals surface area contributed by atoms with Crippen molar-refractivity contribution in [1.82, 2.24) is 10.3 Å². The van der Waals surface area contributed by atoms with Gasteiger partial charge in [-0.25, -0.2) is 0 Å². The summed E-state index contributed by atoms with van der Waals surface area (Å²) in [4.78, 5) is 4.52. The van der Waals surface area contributed by atoms with Gasteiger partial charge in [0, 0.05) is 18.7 Å². The van der Waals surface area contributed by atoms with Crippen LogP contribution in [0.25, 0.3) is 0 Å². The van der Waals surface area contributed by atoms with Crippen LogP contribution in [0.1, 0.15) is 43.4 Å². The molecule has 0 saturated carbocycles. The Labute approximate surface area is 145 Å². The quantitative estimate of drug-likeness (QED) is 0.829. The van der Waals surface area contributed by atoms with E-state index in [1.54, 1.807) is 0 Å². The molecule has 1 aliphatic heterocycles. The Morgan fingerprint density at radius 1 is 1.17 bits per heavy atom. The van der Waals surface area contributed by atoms with E-state index in [1.807, 2.05) is 12.3 Å². The van der Waals surface area contributed by atoms with Gasteiger partial charge in [-0.2, -0.15) is 0 Å². The third-order valence-electron chi connectivity index (χ3n) is 4.90. The molecule has 3 nitrogen and oxygen atoms in total. The summed E-state index contributed by atoms with van der Waals surface area (Å²) in [6.07, 6.45) is 6.38. The van der Waals surface area contributed by atoms with Crippen LogP contribution in [-0.2, 0) is 6.42 Å². The van der Waals surface area contributed by atoms with Crippen molar-refractivity contribution in [3.8, 4) is 5.75 Å². The van der Waals surface area contributed by atoms with E-state index in [1.165, 1.54) is 18.4 Å². The minimum absolute atomic E-state index is 0.500. The van der Waals surface area contributed by atoms with Gasteiger partial charge in [0.05, 0.1) is 12.3 Å². The lowest BCUT2D eigenvalue weighted by Gasteiger charge is -2.32. The highest BCUT2D eigenvalue weighted by Gasteiger charge is 2.27. The highest BCUT2D eigenvalue weighted by atomic mass is 16.5. The average Bonchev–Trinajstić information content (AvgIpc) is 2.66. The van der Waals surface area contributed by atoms with Crippen molar-refractivity contribution in [3.05, 3.63) is 59.9 Å². The first-order valence-electron chi connectivity index (χ1n) is 9.21. The van der Waals surface area contributed by atoms with Crippen LogP contribution in [0, 0.1) is 5.92 Å². The Hall–Kier alpha value is -1.87. The molecule has 2 unspecified atom stereocenters. The Morgan fingerprint density at radius 3 is 2.88 bits per heavy atom. The number of rotatable bonds is 7. The summed E-state index contributed by atoms with van der Waals surface area (Å²) >= 11 is 0. The maximum atomic E-state index is 6.22. The second kappa shape index (κ2) is 8.84. The fourth-order valence-corrected chi connectivity index (χ4v) is 3.52. The summed E-state index contributed by atoms with van der Waals surface area (Å²) in [7, 11) is 0. The van der Waals surface area contributed by atoms with Crippen molar-refractivity contribution < 1.29 is 4.74 Å². The van der Waals surface area contributed by atoms with Gasteiger partial charge in [-0.05, 0) is 49.4 Å². The number of benzene rings is 1. The van der Waals surface area contributed by atoms with Crippen molar-refractivity contribution in [1.29, 1.82) is 0 Å². The summed E-state index contributed by atoms with van der Waals surface area (Å²) < 4.78 is 6.22. The number of aryl methyl sites for hydroxylation is 1. The number of hydrogen-bond acceptors (Lipinski definition) is 3. The largest absolute Gasteiger partial charge is 0.491 e. The number of pyridine rings is 1. The molecule has 128 valence electrons. The summed E-state index contributed by atoms with van der Waals surface area (Å²) in [5.74, 6) is 2.03. The van der Waals surface area contributed by atoms with Gasteiger partial charge in [0.25, 0.3) is 0 Å². The van der Waals surface area contributed by atoms with Crippen molar-refractivity contribution >= 4 is 0 Å². The maximum absolute atomic E-state index is 6.22. The van der Waals surface area contributed by atoms with Crippen molar-refractivity contribution in [2.75, 3.05) is 19.7 Å². The molecule has 1 saturated heterocycles. The van der Waals surface area contributed by atoms with Crippen LogP contribution in [-0.4, -0.2) is 24.7 Å². The van der Waals surface area contributed by atoms with Gasteiger partial charge in [-0.1, -0.05) is 43.7 Å². The third-order valence-corrected chi connectivity index (χ3v) is 4.90. The van der Waals surface area contributed by atoms with E-state index in [-0.39, 0.29) is 0 Å². The van der Waals surface area contributed by atoms with Crippen LogP contribution in [0.3, 0.4) is 0 Å². The minimum Gasteiger partial charge on any atom is -0.491 e. The number of nitrogens with one attached hydrogen (secondary N) is 1. The first kappa shape index (κ1) is 17.0. The van der Waals surface area contributed by atoms with Gasteiger partial charge < -0.3 is 10.1 Å². The molecule has 24 heavy (non-hydrogen) atoms. The van der Waals surface area contributed by atoms with Gasteiger partial charge in [0.15, 0.2) is 0 Å². The van der Waals surface area contributed by atoms with Gasteiger partial charge in [-0.3, -0.25) is 4.98 Å². The maximum Gasteiger partial charge on any atom is 0.140 e. The predicted molar refractivity (Wildman–Crippen MR) is 98.5 cm³/mol. The lowest BCUT2D eigenvalue weighted by atomic mass is 9.81. The molecule has 1 aromatic carbocycles. The lowest BCUT2D eigenvalue weighted by Crippen LogP contribution is -2.38. The zero-order valence-electron chi connectivity index (χ0n) is 14.6. The Kier molecular flexibility index (Phi) is 6.25. The SMILES string of the molecule is CCCCc1ncccc1OCC1CNCCC1c1ccccc1. The highest BCUT2D eigenvalue weighted by molar-refractivity contribution is 5.27. The van der Waals surface area contributed by atoms with Crippen LogP contribution in [0.15, 0.2) is 48.7 Å². The fraction of sp³-hybridized carbons (Fsp3) is 0.476. The van der Waals surface area contributed by atoms with Crippen LogP contribution in [0.4, 0.5) is 0 Å². The molecule has 0 aliphatic carbocycles. The average molecular weight is 324 g/mol. The third kappa shape index (κ3) is 4.35. The normalized spacial score (nSPS) is 20.7. The van der Waals surface area contributed by atoms with E-state index in [0.29, 0.717) is 11.8 Å². The number of unbranched alkanes of at least 4 members (excludes halogenated alkanes) is 1. The van der Waals surface area contributed by atoms with E-state index >= 15 is 0 Å². The topological polar surface area (TPSA) is 34.1 Å². The molecule has 0 amide bonds. The second-order valence-electron chi connectivity index (χ2n) is 6.63. The van der Waals surface area contributed by atoms with Crippen molar-refractivity contribution in [2.24, 2.45) is 5.92 Å². The zero-order valence-corrected chi connectivity index (χ0v) is 14.6. The molecule has 1 aromatic heterocycles. The Morgan fingerprint density at radius 2 is 2.04 bits per heavy atom. The lowest BCUT2D eigenvalue weighted by molar-refractivity contribution is 0.195. The minimum atomic E-state index is 0.500. The van der Waals surface area contributed by atoms with E-state index in [9.17, 15) is 0 Å². The molecule has 1 aliphatic rings. The number of hydrogen-bond donors (Lipinski definition) is 1. The standard InChI is InChI=1S/C21H28N2O/c1-2-3-10-20-21(11-7-13-23-20)24-16-18-15-22-14-12-19(18)17-8-5-4-6-9-17/h4-9,11,13,18-19,22H,2-3,10,12,14-16H2,1H3. The number of nitrogens with zero attached hydrogens (tertiary/aromatic N) is 1. The molecule has 2 atom stereocenters. The van der Waals surface area contributed by atoms with Crippen LogP contribution in [0.2, 0.25) is 0 Å². The van der Waals surface area contributed by atoms with Crippen LogP contribution < -0.4 is 10.1 Å². The molecule has 1 N–H and O–H groups in total. The van der Waals surface area contributed by atoms with E-state index in [2.05, 4.69) is 53.6 Å². The van der Waals surface area contributed by atoms with Crippen LogP contribution in [0.5, 0.6) is 5.75 Å². The summed E-state index contributed by atoms with van der Waals surface area (Å²) in [6, 6.07) is 14.9. The van der Waals surface area contributed by atoms with Crippen molar-refractivity contribution in [2.45, 2.75) is 38.5 Å². The predicted octanol–water partition coefficient (Wildman–Crippen LogP) is 4.20. The van der Waals surface area contributed by atoms with Gasteiger partial charge in [0.2, 0.25) is 0 Å². The second-order valence-corrected chi connectivity index (χ2v) is 6.63. The van der Waals surface area contributed by atoms with E-state index in [0.717, 1.165) is 44.0 Å². The number of piperidine rings is 1. The first-order valence-corrected chi connectivity index (χ1v) is 9.21. The molecule has 3 rings (SSSR count).